The summed E-state index contributed by atoms with van der Waals surface area (Å²) in [7, 11) is 0. The van der Waals surface area contributed by atoms with Crippen LogP contribution in [0, 0.1) is 0 Å². The summed E-state index contributed by atoms with van der Waals surface area (Å²) in [5.74, 6) is -0.393. The molecule has 0 aliphatic carbocycles. The zero-order valence-electron chi connectivity index (χ0n) is 13.6. The minimum atomic E-state index is -0.393. The van der Waals surface area contributed by atoms with Gasteiger partial charge in [0.2, 0.25) is 5.91 Å². The number of thiophene rings is 2. The SMILES string of the molecule is O=C(Cn1cnc2scc(-c3cccs3)c2c1=O)Nc1cc(Cl)ccc1Cl. The van der Waals surface area contributed by atoms with Crippen molar-refractivity contribution in [3.05, 3.63) is 67.8 Å². The van der Waals surface area contributed by atoms with Crippen LogP contribution in [0.15, 0.2) is 52.2 Å². The van der Waals surface area contributed by atoms with Gasteiger partial charge in [-0.15, -0.1) is 22.7 Å². The second kappa shape index (κ2) is 7.44. The normalized spacial score (nSPS) is 11.0. The predicted octanol–water partition coefficient (Wildman–Crippen LogP) is 5.13. The Hall–Kier alpha value is -2.19. The Morgan fingerprint density at radius 1 is 1.22 bits per heavy atom. The van der Waals surface area contributed by atoms with E-state index in [0.717, 1.165) is 10.4 Å². The Bertz CT molecular complexity index is 1200. The smallest absolute Gasteiger partial charge is 0.263 e. The quantitative estimate of drug-likeness (QED) is 0.482. The molecule has 0 saturated carbocycles. The highest BCUT2D eigenvalue weighted by atomic mass is 35.5. The molecule has 0 radical (unpaired) electrons. The highest BCUT2D eigenvalue weighted by Gasteiger charge is 2.15. The van der Waals surface area contributed by atoms with Crippen molar-refractivity contribution in [2.24, 2.45) is 0 Å². The van der Waals surface area contributed by atoms with Gasteiger partial charge < -0.3 is 5.32 Å². The van der Waals surface area contributed by atoms with Gasteiger partial charge in [0, 0.05) is 20.8 Å². The van der Waals surface area contributed by atoms with Gasteiger partial charge in [-0.3, -0.25) is 14.2 Å². The lowest BCUT2D eigenvalue weighted by molar-refractivity contribution is -0.116. The lowest BCUT2D eigenvalue weighted by atomic mass is 10.2. The van der Waals surface area contributed by atoms with Crippen LogP contribution in [0.3, 0.4) is 0 Å². The molecule has 3 aromatic heterocycles. The molecule has 0 spiro atoms. The molecule has 4 aromatic rings. The number of aromatic nitrogens is 2. The number of fused-ring (bicyclic) bond motifs is 1. The van der Waals surface area contributed by atoms with Gasteiger partial charge in [-0.05, 0) is 29.6 Å². The summed E-state index contributed by atoms with van der Waals surface area (Å²) in [5.41, 5.74) is 0.984. The predicted molar refractivity (Wildman–Crippen MR) is 112 cm³/mol. The summed E-state index contributed by atoms with van der Waals surface area (Å²) in [6, 6.07) is 8.67. The van der Waals surface area contributed by atoms with Crippen molar-refractivity contribution in [3.63, 3.8) is 0 Å². The summed E-state index contributed by atoms with van der Waals surface area (Å²) < 4.78 is 1.29. The van der Waals surface area contributed by atoms with E-state index in [0.29, 0.717) is 25.9 Å². The number of hydrogen-bond donors (Lipinski definition) is 1. The molecule has 0 saturated heterocycles. The van der Waals surface area contributed by atoms with E-state index in [9.17, 15) is 9.59 Å². The lowest BCUT2D eigenvalue weighted by Crippen LogP contribution is -2.27. The van der Waals surface area contributed by atoms with Gasteiger partial charge in [0.05, 0.1) is 22.4 Å². The van der Waals surface area contributed by atoms with Gasteiger partial charge in [0.1, 0.15) is 11.4 Å². The number of hydrogen-bond acceptors (Lipinski definition) is 5. The highest BCUT2D eigenvalue weighted by molar-refractivity contribution is 7.18. The Labute approximate surface area is 171 Å². The van der Waals surface area contributed by atoms with Crippen LogP contribution in [0.1, 0.15) is 0 Å². The summed E-state index contributed by atoms with van der Waals surface area (Å²) in [6.07, 6.45) is 1.39. The topological polar surface area (TPSA) is 64.0 Å². The largest absolute Gasteiger partial charge is 0.323 e. The zero-order chi connectivity index (χ0) is 19.0. The molecule has 3 heterocycles. The first-order chi connectivity index (χ1) is 13.0. The van der Waals surface area contributed by atoms with Crippen molar-refractivity contribution in [1.82, 2.24) is 9.55 Å². The number of carbonyl (C=O) groups is 1. The molecular weight excluding hydrogens is 425 g/mol. The van der Waals surface area contributed by atoms with Crippen molar-refractivity contribution in [2.45, 2.75) is 6.54 Å². The van der Waals surface area contributed by atoms with E-state index in [4.69, 9.17) is 23.2 Å². The molecule has 5 nitrogen and oxygen atoms in total. The van der Waals surface area contributed by atoms with Gasteiger partial charge >= 0.3 is 0 Å². The Morgan fingerprint density at radius 3 is 2.85 bits per heavy atom. The molecule has 4 rings (SSSR count). The van der Waals surface area contributed by atoms with Crippen LogP contribution < -0.4 is 10.9 Å². The number of halogens is 2. The molecular formula is C18H11Cl2N3O2S2. The van der Waals surface area contributed by atoms with E-state index in [1.165, 1.54) is 22.2 Å². The van der Waals surface area contributed by atoms with Crippen LogP contribution in [0.4, 0.5) is 5.69 Å². The number of carbonyl (C=O) groups excluding carboxylic acids is 1. The van der Waals surface area contributed by atoms with E-state index in [-0.39, 0.29) is 12.1 Å². The van der Waals surface area contributed by atoms with Crippen molar-refractivity contribution < 1.29 is 4.79 Å². The minimum absolute atomic E-state index is 0.176. The van der Waals surface area contributed by atoms with E-state index in [1.54, 1.807) is 29.5 Å². The summed E-state index contributed by atoms with van der Waals surface area (Å²) >= 11 is 15.0. The van der Waals surface area contributed by atoms with Crippen LogP contribution in [0.2, 0.25) is 10.0 Å². The van der Waals surface area contributed by atoms with E-state index < -0.39 is 5.91 Å². The van der Waals surface area contributed by atoms with Crippen molar-refractivity contribution >= 4 is 67.7 Å². The number of rotatable bonds is 4. The number of nitrogens with zero attached hydrogens (tertiary/aromatic N) is 2. The van der Waals surface area contributed by atoms with Crippen LogP contribution >= 0.6 is 45.9 Å². The highest BCUT2D eigenvalue weighted by Crippen LogP contribution is 2.33. The van der Waals surface area contributed by atoms with Crippen molar-refractivity contribution in [3.8, 4) is 10.4 Å². The zero-order valence-corrected chi connectivity index (χ0v) is 16.8. The Balaban J connectivity index is 1.65. The third kappa shape index (κ3) is 3.64. The molecule has 0 fully saturated rings. The fourth-order valence-corrected chi connectivity index (χ4v) is 4.69. The number of anilines is 1. The van der Waals surface area contributed by atoms with Gasteiger partial charge in [-0.1, -0.05) is 29.3 Å². The molecule has 9 heteroatoms. The van der Waals surface area contributed by atoms with Crippen LogP contribution in [-0.4, -0.2) is 15.5 Å². The first kappa shape index (κ1) is 18.2. The van der Waals surface area contributed by atoms with E-state index in [1.807, 2.05) is 22.9 Å². The summed E-state index contributed by atoms with van der Waals surface area (Å²) in [5, 5.41) is 7.89. The third-order valence-corrected chi connectivity index (χ3v) is 6.22. The average molecular weight is 436 g/mol. The van der Waals surface area contributed by atoms with Gasteiger partial charge in [-0.25, -0.2) is 4.98 Å². The maximum Gasteiger partial charge on any atom is 0.263 e. The molecule has 136 valence electrons. The maximum atomic E-state index is 12.9. The first-order valence-electron chi connectivity index (χ1n) is 7.78. The molecule has 1 N–H and O–H groups in total. The molecule has 1 amide bonds. The second-order valence-electron chi connectivity index (χ2n) is 5.66. The number of nitrogens with one attached hydrogen (secondary N) is 1. The molecule has 0 unspecified atom stereocenters. The van der Waals surface area contributed by atoms with E-state index in [2.05, 4.69) is 10.3 Å². The Kier molecular flexibility index (Phi) is 5.01. The molecule has 0 bridgehead atoms. The fourth-order valence-electron chi connectivity index (χ4n) is 2.63. The van der Waals surface area contributed by atoms with Crippen molar-refractivity contribution in [2.75, 3.05) is 5.32 Å². The second-order valence-corrected chi connectivity index (χ2v) is 8.31. The monoisotopic (exact) mass is 435 g/mol. The van der Waals surface area contributed by atoms with Crippen LogP contribution in [-0.2, 0) is 11.3 Å². The first-order valence-corrected chi connectivity index (χ1v) is 10.3. The molecule has 0 atom stereocenters. The summed E-state index contributed by atoms with van der Waals surface area (Å²) in [6.45, 7) is -0.176. The number of benzene rings is 1. The van der Waals surface area contributed by atoms with Crippen molar-refractivity contribution in [1.29, 1.82) is 0 Å². The Morgan fingerprint density at radius 2 is 2.07 bits per heavy atom. The van der Waals surface area contributed by atoms with Gasteiger partial charge in [0.25, 0.3) is 5.56 Å². The fraction of sp³-hybridized carbons (Fsp3) is 0.0556. The molecule has 0 aliphatic rings. The maximum absolute atomic E-state index is 12.9. The third-order valence-electron chi connectivity index (χ3n) is 3.86. The van der Waals surface area contributed by atoms with Gasteiger partial charge in [0.15, 0.2) is 0 Å². The molecule has 27 heavy (non-hydrogen) atoms. The molecule has 0 aliphatic heterocycles. The lowest BCUT2D eigenvalue weighted by Gasteiger charge is -2.09. The summed E-state index contributed by atoms with van der Waals surface area (Å²) in [4.78, 5) is 31.3. The van der Waals surface area contributed by atoms with Crippen LogP contribution in [0.5, 0.6) is 0 Å². The van der Waals surface area contributed by atoms with Crippen LogP contribution in [0.25, 0.3) is 20.7 Å². The van der Waals surface area contributed by atoms with E-state index >= 15 is 0 Å². The number of amides is 1. The minimum Gasteiger partial charge on any atom is -0.323 e. The standard InChI is InChI=1S/C18H11Cl2N3O2S2/c19-10-3-4-12(20)13(6-10)22-15(24)7-23-9-21-17-16(18(23)25)11(8-27-17)14-2-1-5-26-14/h1-6,8-9H,7H2,(H,22,24). The molecule has 1 aromatic carbocycles. The van der Waals surface area contributed by atoms with Gasteiger partial charge in [-0.2, -0.15) is 0 Å². The average Bonchev–Trinajstić information content (AvgIpc) is 3.30.